The number of rotatable bonds is 6. The third-order valence-corrected chi connectivity index (χ3v) is 3.47. The Kier molecular flexibility index (Phi) is 5.92. The molecule has 1 N–H and O–H groups in total. The molecule has 23 heavy (non-hydrogen) atoms. The second kappa shape index (κ2) is 8.13. The summed E-state index contributed by atoms with van der Waals surface area (Å²) in [5.74, 6) is -0.179. The van der Waals surface area contributed by atoms with Crippen molar-refractivity contribution in [3.63, 3.8) is 0 Å². The molecule has 0 aromatic heterocycles. The van der Waals surface area contributed by atoms with Crippen molar-refractivity contribution < 1.29 is 13.9 Å². The number of methoxy groups -OCH3 is 1. The van der Waals surface area contributed by atoms with Crippen molar-refractivity contribution in [2.45, 2.75) is 13.3 Å². The van der Waals surface area contributed by atoms with Crippen LogP contribution in [0.4, 0.5) is 4.39 Å². The molecular weight excluding hydrogens is 293 g/mol. The summed E-state index contributed by atoms with van der Waals surface area (Å²) >= 11 is 0. The number of hydrogen-bond donors (Lipinski definition) is 1. The smallest absolute Gasteiger partial charge is 0.254 e. The van der Waals surface area contributed by atoms with Crippen LogP contribution in [0.2, 0.25) is 0 Å². The van der Waals surface area contributed by atoms with Gasteiger partial charge in [0.05, 0.1) is 12.7 Å². The molecule has 0 bridgehead atoms. The molecule has 4 heteroatoms. The van der Waals surface area contributed by atoms with Crippen molar-refractivity contribution in [2.24, 2.45) is 0 Å². The summed E-state index contributed by atoms with van der Waals surface area (Å²) in [5, 5.41) is 2.70. The Morgan fingerprint density at radius 1 is 1.17 bits per heavy atom. The van der Waals surface area contributed by atoms with Crippen molar-refractivity contribution in [3.8, 4) is 16.9 Å². The van der Waals surface area contributed by atoms with E-state index in [0.29, 0.717) is 6.54 Å². The number of hydrogen-bond acceptors (Lipinski definition) is 2. The molecule has 0 aliphatic carbocycles. The third kappa shape index (κ3) is 4.42. The van der Waals surface area contributed by atoms with Gasteiger partial charge in [0.25, 0.3) is 5.91 Å². The molecule has 0 unspecified atom stereocenters. The summed E-state index contributed by atoms with van der Waals surface area (Å²) in [5.41, 5.74) is 1.64. The molecule has 2 aromatic carbocycles. The molecule has 3 nitrogen and oxygen atoms in total. The highest BCUT2D eigenvalue weighted by atomic mass is 19.1. The van der Waals surface area contributed by atoms with E-state index in [-0.39, 0.29) is 5.56 Å². The highest BCUT2D eigenvalue weighted by Gasteiger charge is 2.12. The Morgan fingerprint density at radius 2 is 1.87 bits per heavy atom. The van der Waals surface area contributed by atoms with Gasteiger partial charge >= 0.3 is 0 Å². The molecule has 0 saturated carbocycles. The number of ether oxygens (including phenoxy) is 1. The topological polar surface area (TPSA) is 38.3 Å². The Balaban J connectivity index is 2.11. The van der Waals surface area contributed by atoms with E-state index in [0.717, 1.165) is 23.3 Å². The van der Waals surface area contributed by atoms with Crippen LogP contribution in [-0.4, -0.2) is 19.6 Å². The van der Waals surface area contributed by atoms with E-state index in [9.17, 15) is 9.18 Å². The molecule has 0 fully saturated rings. The second-order valence-corrected chi connectivity index (χ2v) is 5.04. The summed E-state index contributed by atoms with van der Waals surface area (Å²) in [4.78, 5) is 12.0. The number of nitrogens with one attached hydrogen (secondary N) is 1. The van der Waals surface area contributed by atoms with Crippen LogP contribution < -0.4 is 10.1 Å². The molecule has 0 heterocycles. The van der Waals surface area contributed by atoms with Gasteiger partial charge in [0.15, 0.2) is 0 Å². The Hall–Kier alpha value is -2.62. The van der Waals surface area contributed by atoms with Crippen molar-refractivity contribution in [3.05, 3.63) is 66.0 Å². The quantitative estimate of drug-likeness (QED) is 0.641. The van der Waals surface area contributed by atoms with Gasteiger partial charge < -0.3 is 10.1 Å². The van der Waals surface area contributed by atoms with Gasteiger partial charge in [-0.25, -0.2) is 4.39 Å². The lowest BCUT2D eigenvalue weighted by atomic mass is 10.0. The van der Waals surface area contributed by atoms with E-state index < -0.39 is 11.7 Å². The Bertz CT molecular complexity index is 693. The number of amides is 1. The maximum absolute atomic E-state index is 14.2. The van der Waals surface area contributed by atoms with Crippen LogP contribution in [0.5, 0.6) is 5.75 Å². The third-order valence-electron chi connectivity index (χ3n) is 3.47. The van der Waals surface area contributed by atoms with Crippen molar-refractivity contribution in [1.82, 2.24) is 5.32 Å². The number of halogens is 1. The molecule has 0 saturated heterocycles. The Labute approximate surface area is 135 Å². The molecule has 0 radical (unpaired) electrons. The van der Waals surface area contributed by atoms with Crippen LogP contribution in [0.3, 0.4) is 0 Å². The maximum Gasteiger partial charge on any atom is 0.254 e. The fourth-order valence-corrected chi connectivity index (χ4v) is 2.19. The first kappa shape index (κ1) is 16.7. The van der Waals surface area contributed by atoms with Crippen molar-refractivity contribution >= 4 is 5.91 Å². The van der Waals surface area contributed by atoms with Gasteiger partial charge in [0.1, 0.15) is 11.6 Å². The zero-order valence-electron chi connectivity index (χ0n) is 13.3. The zero-order chi connectivity index (χ0) is 16.7. The predicted octanol–water partition coefficient (Wildman–Crippen LogP) is 4.20. The lowest BCUT2D eigenvalue weighted by Gasteiger charge is -2.08. The van der Waals surface area contributed by atoms with Gasteiger partial charge in [-0.3, -0.25) is 4.79 Å². The summed E-state index contributed by atoms with van der Waals surface area (Å²) in [6.07, 6.45) is 4.59. The standard InChI is InChI=1S/C19H20FNO2/c1-3-4-5-12-21-19(22)17-11-8-15(13-18(17)20)14-6-9-16(23-2)10-7-14/h3-4,6-11,13H,5,12H2,1-2H3,(H,21,22)/b4-3+. The minimum absolute atomic E-state index is 0.0581. The average molecular weight is 313 g/mol. The van der Waals surface area contributed by atoms with Crippen LogP contribution in [0.25, 0.3) is 11.1 Å². The fourth-order valence-electron chi connectivity index (χ4n) is 2.19. The van der Waals surface area contributed by atoms with Gasteiger partial charge in [-0.2, -0.15) is 0 Å². The molecule has 0 spiro atoms. The molecule has 120 valence electrons. The summed E-state index contributed by atoms with van der Waals surface area (Å²) < 4.78 is 19.3. The van der Waals surface area contributed by atoms with E-state index in [1.807, 2.05) is 43.3 Å². The van der Waals surface area contributed by atoms with Gasteiger partial charge in [0, 0.05) is 6.54 Å². The minimum Gasteiger partial charge on any atom is -0.497 e. The number of carbonyl (C=O) groups is 1. The molecule has 1 amide bonds. The van der Waals surface area contributed by atoms with Crippen LogP contribution in [0.1, 0.15) is 23.7 Å². The van der Waals surface area contributed by atoms with Gasteiger partial charge in [-0.15, -0.1) is 0 Å². The van der Waals surface area contributed by atoms with Crippen LogP contribution in [-0.2, 0) is 0 Å². The summed E-state index contributed by atoms with van der Waals surface area (Å²) in [6, 6.07) is 12.0. The molecular formula is C19H20FNO2. The summed E-state index contributed by atoms with van der Waals surface area (Å²) in [6.45, 7) is 2.40. The predicted molar refractivity (Wildman–Crippen MR) is 90.2 cm³/mol. The molecule has 0 aliphatic heterocycles. The first-order valence-corrected chi connectivity index (χ1v) is 7.49. The molecule has 0 atom stereocenters. The first-order valence-electron chi connectivity index (χ1n) is 7.49. The van der Waals surface area contributed by atoms with Crippen LogP contribution >= 0.6 is 0 Å². The highest BCUT2D eigenvalue weighted by molar-refractivity contribution is 5.95. The number of carbonyl (C=O) groups excluding carboxylic acids is 1. The lowest BCUT2D eigenvalue weighted by molar-refractivity contribution is 0.0950. The van der Waals surface area contributed by atoms with E-state index in [4.69, 9.17) is 4.74 Å². The zero-order valence-corrected chi connectivity index (χ0v) is 13.3. The lowest BCUT2D eigenvalue weighted by Crippen LogP contribution is -2.25. The van der Waals surface area contributed by atoms with Gasteiger partial charge in [-0.05, 0) is 48.7 Å². The molecule has 2 aromatic rings. The first-order chi connectivity index (χ1) is 11.2. The molecule has 0 aliphatic rings. The normalized spacial score (nSPS) is 10.7. The Morgan fingerprint density at radius 3 is 2.48 bits per heavy atom. The monoisotopic (exact) mass is 313 g/mol. The maximum atomic E-state index is 14.2. The highest BCUT2D eigenvalue weighted by Crippen LogP contribution is 2.24. The minimum atomic E-state index is -0.526. The number of benzene rings is 2. The SMILES string of the molecule is C/C=C/CCNC(=O)c1ccc(-c2ccc(OC)cc2)cc1F. The second-order valence-electron chi connectivity index (χ2n) is 5.04. The van der Waals surface area contributed by atoms with Crippen molar-refractivity contribution in [1.29, 1.82) is 0 Å². The van der Waals surface area contributed by atoms with E-state index >= 15 is 0 Å². The van der Waals surface area contributed by atoms with E-state index in [2.05, 4.69) is 5.32 Å². The van der Waals surface area contributed by atoms with Crippen molar-refractivity contribution in [2.75, 3.05) is 13.7 Å². The van der Waals surface area contributed by atoms with Crippen LogP contribution in [0, 0.1) is 5.82 Å². The van der Waals surface area contributed by atoms with E-state index in [1.165, 1.54) is 12.1 Å². The number of allylic oxidation sites excluding steroid dienone is 1. The van der Waals surface area contributed by atoms with Gasteiger partial charge in [0.2, 0.25) is 0 Å². The molecule has 2 rings (SSSR count). The van der Waals surface area contributed by atoms with Gasteiger partial charge in [-0.1, -0.05) is 30.4 Å². The fraction of sp³-hybridized carbons (Fsp3) is 0.211. The van der Waals surface area contributed by atoms with Crippen LogP contribution in [0.15, 0.2) is 54.6 Å². The van der Waals surface area contributed by atoms with E-state index in [1.54, 1.807) is 13.2 Å². The largest absolute Gasteiger partial charge is 0.497 e. The average Bonchev–Trinajstić information content (AvgIpc) is 2.58. The summed E-state index contributed by atoms with van der Waals surface area (Å²) in [7, 11) is 1.60.